The number of rotatable bonds is 4. The largest absolute Gasteiger partial charge is 0.496 e. The quantitative estimate of drug-likeness (QED) is 0.542. The molecule has 6 nitrogen and oxygen atoms in total. The zero-order valence-electron chi connectivity index (χ0n) is 13.1. The third-order valence-electron chi connectivity index (χ3n) is 3.44. The second kappa shape index (κ2) is 6.45. The molecule has 1 heterocycles. The van der Waals surface area contributed by atoms with Crippen LogP contribution in [0.25, 0.3) is 11.0 Å². The molecule has 0 aliphatic rings. The van der Waals surface area contributed by atoms with Gasteiger partial charge in [0.05, 0.1) is 19.8 Å². The molecule has 3 rings (SSSR count). The van der Waals surface area contributed by atoms with E-state index in [1.807, 2.05) is 0 Å². The predicted molar refractivity (Wildman–Crippen MR) is 87.0 cm³/mol. The molecule has 0 saturated heterocycles. The molecule has 0 spiro atoms. The third-order valence-corrected chi connectivity index (χ3v) is 3.44. The van der Waals surface area contributed by atoms with E-state index in [1.165, 1.54) is 14.2 Å². The fourth-order valence-electron chi connectivity index (χ4n) is 2.35. The van der Waals surface area contributed by atoms with Crippen molar-refractivity contribution in [2.24, 2.45) is 0 Å². The van der Waals surface area contributed by atoms with Crippen molar-refractivity contribution < 1.29 is 23.4 Å². The van der Waals surface area contributed by atoms with E-state index in [0.29, 0.717) is 16.7 Å². The molecule has 24 heavy (non-hydrogen) atoms. The van der Waals surface area contributed by atoms with Crippen molar-refractivity contribution in [3.63, 3.8) is 0 Å². The Morgan fingerprint density at radius 3 is 2.33 bits per heavy atom. The molecular weight excluding hydrogens is 312 g/mol. The highest BCUT2D eigenvalue weighted by Crippen LogP contribution is 2.38. The number of ether oxygens (including phenoxy) is 3. The van der Waals surface area contributed by atoms with Crippen LogP contribution in [0.5, 0.6) is 17.2 Å². The maximum atomic E-state index is 12.2. The molecule has 0 unspecified atom stereocenters. The van der Waals surface area contributed by atoms with Crippen LogP contribution in [0.3, 0.4) is 0 Å². The Hall–Kier alpha value is -3.28. The van der Waals surface area contributed by atoms with Gasteiger partial charge in [-0.25, -0.2) is 9.59 Å². The van der Waals surface area contributed by atoms with Gasteiger partial charge < -0.3 is 18.6 Å². The van der Waals surface area contributed by atoms with E-state index in [1.54, 1.807) is 48.5 Å². The van der Waals surface area contributed by atoms with Gasteiger partial charge in [-0.1, -0.05) is 24.3 Å². The first-order chi connectivity index (χ1) is 11.7. The fraction of sp³-hybridized carbons (Fsp3) is 0.111. The Morgan fingerprint density at radius 2 is 1.67 bits per heavy atom. The summed E-state index contributed by atoms with van der Waals surface area (Å²) in [6.45, 7) is 0. The number of methoxy groups -OCH3 is 2. The first kappa shape index (κ1) is 15.6. The van der Waals surface area contributed by atoms with Crippen LogP contribution in [-0.2, 0) is 0 Å². The van der Waals surface area contributed by atoms with Crippen molar-refractivity contribution in [3.05, 3.63) is 64.5 Å². The summed E-state index contributed by atoms with van der Waals surface area (Å²) in [5.74, 6) is -0.480. The van der Waals surface area contributed by atoms with Gasteiger partial charge >= 0.3 is 11.6 Å². The number of fused-ring (bicyclic) bond motifs is 1. The van der Waals surface area contributed by atoms with Crippen molar-refractivity contribution in [1.82, 2.24) is 0 Å². The molecule has 3 aromatic rings. The lowest BCUT2D eigenvalue weighted by Gasteiger charge is -2.12. The lowest BCUT2D eigenvalue weighted by atomic mass is 10.2. The van der Waals surface area contributed by atoms with Gasteiger partial charge in [0.15, 0.2) is 5.75 Å². The van der Waals surface area contributed by atoms with Gasteiger partial charge in [-0.3, -0.25) is 0 Å². The molecule has 1 aromatic heterocycles. The van der Waals surface area contributed by atoms with Gasteiger partial charge in [0, 0.05) is 0 Å². The fourth-order valence-corrected chi connectivity index (χ4v) is 2.35. The van der Waals surface area contributed by atoms with Crippen molar-refractivity contribution in [2.75, 3.05) is 14.2 Å². The number of hydrogen-bond donors (Lipinski definition) is 0. The number of esters is 1. The van der Waals surface area contributed by atoms with Crippen molar-refractivity contribution >= 4 is 16.9 Å². The molecule has 0 amide bonds. The maximum Gasteiger partial charge on any atom is 0.383 e. The van der Waals surface area contributed by atoms with Crippen molar-refractivity contribution in [3.8, 4) is 17.2 Å². The van der Waals surface area contributed by atoms with E-state index in [2.05, 4.69) is 0 Å². The number of hydrogen-bond acceptors (Lipinski definition) is 6. The smallest absolute Gasteiger partial charge is 0.383 e. The van der Waals surface area contributed by atoms with Gasteiger partial charge in [-0.15, -0.1) is 0 Å². The Balaban J connectivity index is 2.15. The van der Waals surface area contributed by atoms with Crippen LogP contribution in [0.1, 0.15) is 10.4 Å². The van der Waals surface area contributed by atoms with Gasteiger partial charge in [-0.2, -0.15) is 0 Å². The van der Waals surface area contributed by atoms with E-state index in [4.69, 9.17) is 18.6 Å². The first-order valence-electron chi connectivity index (χ1n) is 7.10. The second-order valence-electron chi connectivity index (χ2n) is 4.84. The van der Waals surface area contributed by atoms with Crippen LogP contribution in [0.15, 0.2) is 57.7 Å². The third kappa shape index (κ3) is 2.69. The van der Waals surface area contributed by atoms with E-state index >= 15 is 0 Å². The summed E-state index contributed by atoms with van der Waals surface area (Å²) < 4.78 is 21.0. The monoisotopic (exact) mass is 326 g/mol. The van der Waals surface area contributed by atoms with Crippen LogP contribution in [-0.4, -0.2) is 20.2 Å². The standard InChI is InChI=1S/C18H14O6/c1-21-12-9-6-10-13-14(12)15(22-2)16(18(20)23-13)24-17(19)11-7-4-3-5-8-11/h3-10H,1-2H3. The highest BCUT2D eigenvalue weighted by Gasteiger charge is 2.23. The summed E-state index contributed by atoms with van der Waals surface area (Å²) in [6, 6.07) is 13.3. The zero-order chi connectivity index (χ0) is 17.1. The molecule has 0 saturated carbocycles. The predicted octanol–water partition coefficient (Wildman–Crippen LogP) is 3.03. The lowest BCUT2D eigenvalue weighted by Crippen LogP contribution is -2.15. The summed E-state index contributed by atoms with van der Waals surface area (Å²) in [7, 11) is 2.86. The Bertz CT molecular complexity index is 943. The Morgan fingerprint density at radius 1 is 0.917 bits per heavy atom. The SMILES string of the molecule is COc1cccc2oc(=O)c(OC(=O)c3ccccc3)c(OC)c12. The molecule has 6 heteroatoms. The minimum absolute atomic E-state index is 0.0861. The highest BCUT2D eigenvalue weighted by atomic mass is 16.6. The Kier molecular flexibility index (Phi) is 4.20. The molecule has 0 aliphatic heterocycles. The molecule has 2 aromatic carbocycles. The normalized spacial score (nSPS) is 10.4. The minimum atomic E-state index is -0.808. The van der Waals surface area contributed by atoms with Crippen molar-refractivity contribution in [1.29, 1.82) is 0 Å². The van der Waals surface area contributed by atoms with E-state index < -0.39 is 11.6 Å². The van der Waals surface area contributed by atoms with Crippen LogP contribution in [0.4, 0.5) is 0 Å². The molecule has 0 N–H and O–H groups in total. The van der Waals surface area contributed by atoms with Crippen LogP contribution >= 0.6 is 0 Å². The molecule has 122 valence electrons. The van der Waals surface area contributed by atoms with E-state index in [-0.39, 0.29) is 17.1 Å². The number of carbonyl (C=O) groups excluding carboxylic acids is 1. The molecule has 0 atom stereocenters. The molecule has 0 fully saturated rings. The van der Waals surface area contributed by atoms with E-state index in [0.717, 1.165) is 0 Å². The number of carbonyl (C=O) groups is 1. The Labute approximate surface area is 137 Å². The average Bonchev–Trinajstić information content (AvgIpc) is 2.62. The van der Waals surface area contributed by atoms with Gasteiger partial charge in [0.25, 0.3) is 5.75 Å². The first-order valence-corrected chi connectivity index (χ1v) is 7.10. The summed E-state index contributed by atoms with van der Waals surface area (Å²) in [6.07, 6.45) is 0. The summed E-state index contributed by atoms with van der Waals surface area (Å²) in [5, 5.41) is 0.415. The van der Waals surface area contributed by atoms with Crippen LogP contribution < -0.4 is 19.8 Å². The minimum Gasteiger partial charge on any atom is -0.496 e. The van der Waals surface area contributed by atoms with Gasteiger partial charge in [0.2, 0.25) is 0 Å². The summed E-state index contributed by atoms with van der Waals surface area (Å²) >= 11 is 0. The van der Waals surface area contributed by atoms with Gasteiger partial charge in [0.1, 0.15) is 16.7 Å². The second-order valence-corrected chi connectivity index (χ2v) is 4.84. The van der Waals surface area contributed by atoms with Gasteiger partial charge in [-0.05, 0) is 24.3 Å². The van der Waals surface area contributed by atoms with Crippen molar-refractivity contribution in [2.45, 2.75) is 0 Å². The number of benzene rings is 2. The topological polar surface area (TPSA) is 75.0 Å². The maximum absolute atomic E-state index is 12.2. The highest BCUT2D eigenvalue weighted by molar-refractivity contribution is 5.95. The van der Waals surface area contributed by atoms with E-state index in [9.17, 15) is 9.59 Å². The average molecular weight is 326 g/mol. The van der Waals surface area contributed by atoms with Crippen LogP contribution in [0.2, 0.25) is 0 Å². The lowest BCUT2D eigenvalue weighted by molar-refractivity contribution is 0.0723. The summed E-state index contributed by atoms with van der Waals surface area (Å²) in [4.78, 5) is 24.5. The molecule has 0 bridgehead atoms. The van der Waals surface area contributed by atoms with Crippen LogP contribution in [0, 0.1) is 0 Å². The molecule has 0 radical (unpaired) electrons. The molecular formula is C18H14O6. The summed E-state index contributed by atoms with van der Waals surface area (Å²) in [5.41, 5.74) is -0.230. The molecule has 0 aliphatic carbocycles. The zero-order valence-corrected chi connectivity index (χ0v) is 13.1.